The molecule has 2 rings (SSSR count). The molecule has 8 unspecified atom stereocenters. The van der Waals surface area contributed by atoms with Crippen molar-refractivity contribution < 1.29 is 19.1 Å². The van der Waals surface area contributed by atoms with Crippen molar-refractivity contribution in [3.63, 3.8) is 0 Å². The van der Waals surface area contributed by atoms with Crippen LogP contribution in [-0.4, -0.2) is 23.6 Å². The van der Waals surface area contributed by atoms with Crippen LogP contribution in [0.5, 0.6) is 0 Å². The summed E-state index contributed by atoms with van der Waals surface area (Å²) in [7, 11) is 0. The van der Waals surface area contributed by atoms with Gasteiger partial charge in [-0.05, 0) is 225 Å². The first kappa shape index (κ1) is 99.3. The number of ether oxygens (including phenoxy) is 2. The summed E-state index contributed by atoms with van der Waals surface area (Å²) in [6.45, 7) is 51.9. The predicted octanol–water partition coefficient (Wildman–Crippen LogP) is 20.3. The Hall–Kier alpha value is -7.92. The lowest BCUT2D eigenvalue weighted by Crippen LogP contribution is -2.37. The molecule has 0 spiro atoms. The lowest BCUT2D eigenvalue weighted by Gasteiger charge is -2.29. The number of rotatable bonds is 21. The molecule has 0 aromatic rings. The monoisotopic (exact) mass is 1230 g/mol. The highest BCUT2D eigenvalue weighted by molar-refractivity contribution is 5.85. The molecule has 4 heteroatoms. The second-order valence-electron chi connectivity index (χ2n) is 22.2. The number of cyclic esters (lactones) is 2. The van der Waals surface area contributed by atoms with Gasteiger partial charge < -0.3 is 9.47 Å². The Bertz CT molecular complexity index is 2730. The first-order chi connectivity index (χ1) is 43.5. The standard InChI is InChI=1S/C10H12O4.C10H22.C10H2.2C9H20.C9H4.C8H18.C8H6.C7H16.C7H4/c1-6-7(5-9(12)13-6)10(2)4-3-8(11)14-10;1-5-8-9(4)10(6-2)7-3;1-3-5-7-9-10-8-6-4-2;1-5-7-9(4)8(3)6-2;1-5-8(4)9(6-2)7-3;1-3-5-7-9-8-6-4-2;1-4-6-8(3)7-5-2;1-3-5-7-8-6-4-2;1-4-6-7(3)5-2;1-3-5-7-6-4-2/h3-4,6-7H,5H2,1-2H3;9-10H,5-8H2,1-4H3;1-2H;2*8-9H,5-7H2,1-4H3;1H,2H3;8H,4-7H2,1-3H3;1-2H3;7H,4-6H2,1-3H3;1H,2H3. The predicted molar refractivity (Wildman–Crippen MR) is 399 cm³/mol. The molecule has 0 radical (unpaired) electrons. The first-order valence-corrected chi connectivity index (χ1v) is 33.6. The van der Waals surface area contributed by atoms with Gasteiger partial charge in [-0.1, -0.05) is 257 Å². The molecular weight excluding hydrogens is 1110 g/mol. The van der Waals surface area contributed by atoms with Gasteiger partial charge in [0.2, 0.25) is 0 Å². The summed E-state index contributed by atoms with van der Waals surface area (Å²) in [5.41, 5.74) is -0.678. The molecule has 0 N–H and O–H groups in total. The van der Waals surface area contributed by atoms with Gasteiger partial charge in [0.25, 0.3) is 0 Å². The molecule has 0 saturated carbocycles. The Morgan fingerprint density at radius 3 is 0.967 bits per heavy atom. The van der Waals surface area contributed by atoms with Crippen LogP contribution in [0.15, 0.2) is 12.2 Å². The van der Waals surface area contributed by atoms with Crippen molar-refractivity contribution in [3.05, 3.63) is 12.2 Å². The molecule has 0 amide bonds. The van der Waals surface area contributed by atoms with Gasteiger partial charge in [-0.3, -0.25) is 4.79 Å². The maximum absolute atomic E-state index is 11.1. The van der Waals surface area contributed by atoms with Gasteiger partial charge in [0, 0.05) is 12.0 Å². The van der Waals surface area contributed by atoms with Crippen LogP contribution in [0, 0.1) is 233 Å². The van der Waals surface area contributed by atoms with E-state index in [-0.39, 0.29) is 24.0 Å². The molecule has 8 atom stereocenters. The average molecular weight is 1230 g/mol. The van der Waals surface area contributed by atoms with E-state index in [4.69, 9.17) is 35.2 Å². The molecule has 0 bridgehead atoms. The third kappa shape index (κ3) is 74.5. The maximum atomic E-state index is 11.1. The summed E-state index contributed by atoms with van der Waals surface area (Å²) in [5.74, 6) is 69.8. The zero-order chi connectivity index (χ0) is 71.4. The molecule has 0 aromatic heterocycles. The topological polar surface area (TPSA) is 52.6 Å². The van der Waals surface area contributed by atoms with Crippen molar-refractivity contribution in [2.24, 2.45) is 53.3 Å². The van der Waals surface area contributed by atoms with E-state index in [9.17, 15) is 9.59 Å². The third-order valence-corrected chi connectivity index (χ3v) is 15.0. The smallest absolute Gasteiger partial charge is 0.331 e. The Labute approximate surface area is 566 Å². The lowest BCUT2D eigenvalue weighted by atomic mass is 9.84. The first-order valence-electron chi connectivity index (χ1n) is 33.6. The molecule has 0 aromatic carbocycles. The fourth-order valence-corrected chi connectivity index (χ4v) is 8.96. The van der Waals surface area contributed by atoms with Crippen molar-refractivity contribution >= 4 is 11.9 Å². The van der Waals surface area contributed by atoms with Crippen molar-refractivity contribution in [1.82, 2.24) is 0 Å². The van der Waals surface area contributed by atoms with Crippen LogP contribution in [0.4, 0.5) is 0 Å². The molecule has 496 valence electrons. The Morgan fingerprint density at radius 2 is 0.725 bits per heavy atom. The number of esters is 2. The largest absolute Gasteiger partial charge is 0.462 e. The summed E-state index contributed by atoms with van der Waals surface area (Å²) in [5, 5.41) is 0. The van der Waals surface area contributed by atoms with Crippen molar-refractivity contribution in [1.29, 1.82) is 0 Å². The van der Waals surface area contributed by atoms with Gasteiger partial charge in [-0.25, -0.2) is 4.79 Å². The number of terminal acetylenes is 4. The van der Waals surface area contributed by atoms with Crippen LogP contribution < -0.4 is 0 Å². The van der Waals surface area contributed by atoms with Gasteiger partial charge >= 0.3 is 11.9 Å². The van der Waals surface area contributed by atoms with Crippen LogP contribution in [-0.2, 0) is 19.1 Å². The van der Waals surface area contributed by atoms with E-state index in [0.717, 1.165) is 47.3 Å². The molecule has 2 aliphatic heterocycles. The van der Waals surface area contributed by atoms with E-state index >= 15 is 0 Å². The van der Waals surface area contributed by atoms with E-state index in [1.54, 1.807) is 40.7 Å². The minimum Gasteiger partial charge on any atom is -0.462 e. The summed E-state index contributed by atoms with van der Waals surface area (Å²) >= 11 is 0. The normalized spacial score (nSPS) is 14.4. The van der Waals surface area contributed by atoms with Gasteiger partial charge in [0.15, 0.2) is 0 Å². The Balaban J connectivity index is -0.000000141. The van der Waals surface area contributed by atoms with Crippen LogP contribution >= 0.6 is 0 Å². The van der Waals surface area contributed by atoms with E-state index < -0.39 is 5.60 Å². The van der Waals surface area contributed by atoms with Crippen LogP contribution in [0.1, 0.15) is 282 Å². The van der Waals surface area contributed by atoms with Crippen LogP contribution in [0.3, 0.4) is 0 Å². The molecular formula is C87H124O4. The highest BCUT2D eigenvalue weighted by Crippen LogP contribution is 2.38. The number of hydrogen-bond donors (Lipinski definition) is 0. The number of hydrogen-bond acceptors (Lipinski definition) is 4. The van der Waals surface area contributed by atoms with Gasteiger partial charge in [0.1, 0.15) is 11.7 Å². The zero-order valence-corrected chi connectivity index (χ0v) is 62.1. The molecule has 2 heterocycles. The third-order valence-electron chi connectivity index (χ3n) is 15.0. The van der Waals surface area contributed by atoms with Crippen molar-refractivity contribution in [2.45, 2.75) is 293 Å². The quantitative estimate of drug-likeness (QED) is 0.0849. The highest BCUT2D eigenvalue weighted by Gasteiger charge is 2.47. The second kappa shape index (κ2) is 80.1. The van der Waals surface area contributed by atoms with E-state index in [0.29, 0.717) is 6.42 Å². The molecule has 2 aliphatic rings. The second-order valence-corrected chi connectivity index (χ2v) is 22.2. The Morgan fingerprint density at radius 1 is 0.418 bits per heavy atom. The summed E-state index contributed by atoms with van der Waals surface area (Å²) in [6, 6.07) is 0. The van der Waals surface area contributed by atoms with Gasteiger partial charge in [0.05, 0.1) is 6.42 Å². The van der Waals surface area contributed by atoms with Gasteiger partial charge in [-0.2, -0.15) is 0 Å². The minimum atomic E-state index is -0.678. The molecule has 4 nitrogen and oxygen atoms in total. The fourth-order valence-electron chi connectivity index (χ4n) is 8.96. The molecule has 1 fully saturated rings. The molecule has 0 aliphatic carbocycles. The Kier molecular flexibility index (Phi) is 87.4. The maximum Gasteiger partial charge on any atom is 0.331 e. The number of carbonyl (C=O) groups is 2. The zero-order valence-electron chi connectivity index (χ0n) is 62.1. The van der Waals surface area contributed by atoms with Crippen molar-refractivity contribution in [2.75, 3.05) is 0 Å². The van der Waals surface area contributed by atoms with E-state index in [1.165, 1.54) is 115 Å². The van der Waals surface area contributed by atoms with Crippen LogP contribution in [0.25, 0.3) is 0 Å². The fraction of sp³-hybridized carbons (Fsp3) is 0.609. The summed E-state index contributed by atoms with van der Waals surface area (Å²) < 4.78 is 10.2. The average Bonchev–Trinajstić information content (AvgIpc) is 1.67. The summed E-state index contributed by atoms with van der Waals surface area (Å²) in [4.78, 5) is 22.0. The van der Waals surface area contributed by atoms with Gasteiger partial charge in [-0.15, -0.1) is 25.7 Å². The lowest BCUT2D eigenvalue weighted by molar-refractivity contribution is -0.149. The molecule has 91 heavy (non-hydrogen) atoms. The highest BCUT2D eigenvalue weighted by atomic mass is 16.6. The van der Waals surface area contributed by atoms with Crippen molar-refractivity contribution in [3.8, 4) is 180 Å². The minimum absolute atomic E-state index is 0.0716. The number of carbonyl (C=O) groups excluding carboxylic acids is 2. The summed E-state index contributed by atoms with van der Waals surface area (Å²) in [6.07, 6.45) is 45.6. The SMILES string of the molecule is C#CC#CC#CC.C#CC#CC#CC#CC.C#CC#CC#CC#CC#C.CC#CC#CC#CC.CC1OC(=O)CC1C1(C)C=CC(=O)O1.CCC(C)C(CC)CC.CCCC(C)C(C)CC.CCCC(C)C(CC)CC.CCCC(C)CC.CCCC(C)CCC. The molecule has 1 saturated heterocycles. The van der Waals surface area contributed by atoms with Crippen LogP contribution in [0.2, 0.25) is 0 Å². The van der Waals surface area contributed by atoms with E-state index in [2.05, 4.69) is 279 Å². The van der Waals surface area contributed by atoms with E-state index in [1.807, 2.05) is 6.92 Å².